The van der Waals surface area contributed by atoms with Gasteiger partial charge in [0.2, 0.25) is 0 Å². The van der Waals surface area contributed by atoms with Crippen molar-refractivity contribution >= 4 is 99.5 Å². The molecular formula is C71H48N2O2. The van der Waals surface area contributed by atoms with Crippen LogP contribution in [-0.2, 0) is 5.41 Å². The highest BCUT2D eigenvalue weighted by Crippen LogP contribution is 2.52. The summed E-state index contributed by atoms with van der Waals surface area (Å²) in [4.78, 5) is 4.71. The van der Waals surface area contributed by atoms with Crippen LogP contribution < -0.4 is 9.80 Å². The molecule has 0 atom stereocenters. The van der Waals surface area contributed by atoms with Gasteiger partial charge in [0, 0.05) is 66.7 Å². The van der Waals surface area contributed by atoms with Crippen LogP contribution in [0.5, 0.6) is 0 Å². The van der Waals surface area contributed by atoms with Crippen molar-refractivity contribution in [2.24, 2.45) is 0 Å². The molecule has 0 N–H and O–H groups in total. The molecule has 0 radical (unpaired) electrons. The summed E-state index contributed by atoms with van der Waals surface area (Å²) < 4.78 is 13.8. The highest BCUT2D eigenvalue weighted by Gasteiger charge is 2.36. The van der Waals surface area contributed by atoms with Crippen LogP contribution in [0.2, 0.25) is 0 Å². The Morgan fingerprint density at radius 3 is 1.71 bits per heavy atom. The third-order valence-electron chi connectivity index (χ3n) is 15.8. The van der Waals surface area contributed by atoms with Crippen molar-refractivity contribution in [1.82, 2.24) is 0 Å². The van der Waals surface area contributed by atoms with Crippen molar-refractivity contribution in [3.05, 3.63) is 266 Å². The van der Waals surface area contributed by atoms with E-state index in [1.807, 2.05) is 12.1 Å². The number of para-hydroxylation sites is 4. The maximum Gasteiger partial charge on any atom is 0.159 e. The SMILES string of the molecule is CC1(C)c2ccccc2-c2ccc(N(c3ccccc3)c3ccc4c(c3)oc3c5ccc(-c6ccc(N(c7ccccc7-c7ccccc7)c7cccc8c7oc7ccccc78)cc6)cc5c5ccccc5c43)cc21. The molecule has 0 saturated carbocycles. The van der Waals surface area contributed by atoms with Crippen LogP contribution in [0, 0.1) is 0 Å². The minimum absolute atomic E-state index is 0.123. The molecule has 0 fully saturated rings. The first-order valence-corrected chi connectivity index (χ1v) is 25.8. The van der Waals surface area contributed by atoms with Gasteiger partial charge in [-0.1, -0.05) is 184 Å². The standard InChI is InChI=1S/C71H48N2O2/c1-71(2)62-28-14-11-24-54(62)55-40-37-50(43-63(55)71)72(48-20-7-4-8-21-48)51-38-41-60-67(44-51)75-70-59-39-34-47(42-61(59)53-23-9-10-26-57(53)68(60)70)45-32-35-49(36-33-45)73(64-29-15-12-22-52(64)46-18-5-3-6-19-46)65-30-17-27-58-56-25-13-16-31-66(56)74-69(58)65/h3-44H,1-2H3. The van der Waals surface area contributed by atoms with Gasteiger partial charge in [0.1, 0.15) is 16.7 Å². The minimum atomic E-state index is -0.123. The van der Waals surface area contributed by atoms with Crippen LogP contribution in [0.4, 0.5) is 34.1 Å². The van der Waals surface area contributed by atoms with Gasteiger partial charge in [-0.25, -0.2) is 0 Å². The largest absolute Gasteiger partial charge is 0.455 e. The Balaban J connectivity index is 0.846. The van der Waals surface area contributed by atoms with E-state index in [9.17, 15) is 0 Å². The van der Waals surface area contributed by atoms with Gasteiger partial charge in [0.05, 0.1) is 11.4 Å². The zero-order valence-corrected chi connectivity index (χ0v) is 41.5. The van der Waals surface area contributed by atoms with Crippen molar-refractivity contribution in [3.63, 3.8) is 0 Å². The first-order valence-electron chi connectivity index (χ1n) is 25.8. The lowest BCUT2D eigenvalue weighted by molar-refractivity contribution is 0.660. The molecule has 15 rings (SSSR count). The monoisotopic (exact) mass is 960 g/mol. The summed E-state index contributed by atoms with van der Waals surface area (Å²) in [5.41, 5.74) is 19.5. The quantitative estimate of drug-likeness (QED) is 0.142. The Morgan fingerprint density at radius 2 is 0.867 bits per heavy atom. The molecule has 4 nitrogen and oxygen atoms in total. The summed E-state index contributed by atoms with van der Waals surface area (Å²) in [6, 6.07) is 91.8. The Hall–Kier alpha value is -9.64. The van der Waals surface area contributed by atoms with Crippen LogP contribution in [0.25, 0.3) is 98.8 Å². The van der Waals surface area contributed by atoms with E-state index in [0.717, 1.165) is 111 Å². The lowest BCUT2D eigenvalue weighted by atomic mass is 9.82. The molecule has 75 heavy (non-hydrogen) atoms. The molecule has 0 bridgehead atoms. The molecule has 0 aliphatic heterocycles. The summed E-state index contributed by atoms with van der Waals surface area (Å²) in [5, 5.41) is 9.03. The summed E-state index contributed by atoms with van der Waals surface area (Å²) in [5.74, 6) is 0. The van der Waals surface area contributed by atoms with Gasteiger partial charge in [0.15, 0.2) is 5.58 Å². The molecule has 14 aromatic rings. The first-order chi connectivity index (χ1) is 37.0. The van der Waals surface area contributed by atoms with E-state index in [1.54, 1.807) is 0 Å². The van der Waals surface area contributed by atoms with Crippen molar-refractivity contribution in [2.75, 3.05) is 9.80 Å². The molecule has 0 unspecified atom stereocenters. The van der Waals surface area contributed by atoms with E-state index in [1.165, 1.54) is 33.0 Å². The Labute approximate surface area is 434 Å². The van der Waals surface area contributed by atoms with E-state index >= 15 is 0 Å². The zero-order valence-electron chi connectivity index (χ0n) is 41.5. The molecule has 2 aromatic heterocycles. The Kier molecular flexibility index (Phi) is 9.58. The van der Waals surface area contributed by atoms with Gasteiger partial charge >= 0.3 is 0 Å². The predicted octanol–water partition coefficient (Wildman–Crippen LogP) is 20.4. The number of nitrogens with zero attached hydrogens (tertiary/aromatic N) is 2. The van der Waals surface area contributed by atoms with E-state index < -0.39 is 0 Å². The van der Waals surface area contributed by atoms with Crippen molar-refractivity contribution in [2.45, 2.75) is 19.3 Å². The molecule has 1 aliphatic carbocycles. The van der Waals surface area contributed by atoms with Gasteiger partial charge < -0.3 is 18.6 Å². The third-order valence-corrected chi connectivity index (χ3v) is 15.8. The summed E-state index contributed by atoms with van der Waals surface area (Å²) in [6.45, 7) is 4.69. The smallest absolute Gasteiger partial charge is 0.159 e. The molecule has 4 heteroatoms. The van der Waals surface area contributed by atoms with E-state index in [0.29, 0.717) is 0 Å². The van der Waals surface area contributed by atoms with Crippen molar-refractivity contribution in [3.8, 4) is 33.4 Å². The highest BCUT2D eigenvalue weighted by molar-refractivity contribution is 6.30. The number of furan rings is 2. The lowest BCUT2D eigenvalue weighted by Gasteiger charge is -2.28. The molecule has 0 spiro atoms. The second-order valence-corrected chi connectivity index (χ2v) is 20.4. The first kappa shape index (κ1) is 43.0. The zero-order chi connectivity index (χ0) is 49.8. The summed E-state index contributed by atoms with van der Waals surface area (Å²) >= 11 is 0. The minimum Gasteiger partial charge on any atom is -0.455 e. The van der Waals surface area contributed by atoms with Gasteiger partial charge in [0.25, 0.3) is 0 Å². The molecule has 1 aliphatic rings. The average molecular weight is 961 g/mol. The van der Waals surface area contributed by atoms with Gasteiger partial charge in [-0.05, 0) is 134 Å². The molecular weight excluding hydrogens is 913 g/mol. The number of hydrogen-bond acceptors (Lipinski definition) is 4. The fourth-order valence-electron chi connectivity index (χ4n) is 12.3. The number of benzene rings is 12. The normalized spacial score (nSPS) is 12.8. The van der Waals surface area contributed by atoms with Crippen molar-refractivity contribution in [1.29, 1.82) is 0 Å². The highest BCUT2D eigenvalue weighted by atomic mass is 16.3. The number of anilines is 6. The van der Waals surface area contributed by atoms with Gasteiger partial charge in [-0.2, -0.15) is 0 Å². The topological polar surface area (TPSA) is 32.8 Å². The fourth-order valence-corrected chi connectivity index (χ4v) is 12.3. The van der Waals surface area contributed by atoms with E-state index in [2.05, 4.69) is 266 Å². The number of rotatable bonds is 8. The maximum atomic E-state index is 7.11. The molecule has 354 valence electrons. The Morgan fingerprint density at radius 1 is 0.293 bits per heavy atom. The second kappa shape index (κ2) is 16.7. The van der Waals surface area contributed by atoms with Gasteiger partial charge in [-0.3, -0.25) is 0 Å². The molecule has 2 heterocycles. The number of fused-ring (bicyclic) bond motifs is 14. The van der Waals surface area contributed by atoms with Crippen molar-refractivity contribution < 1.29 is 8.83 Å². The second-order valence-electron chi connectivity index (χ2n) is 20.4. The molecule has 0 amide bonds. The number of hydrogen-bond donors (Lipinski definition) is 0. The Bertz CT molecular complexity index is 4570. The lowest BCUT2D eigenvalue weighted by Crippen LogP contribution is -2.16. The van der Waals surface area contributed by atoms with E-state index in [-0.39, 0.29) is 5.41 Å². The average Bonchev–Trinajstić information content (AvgIpc) is 4.12. The maximum absolute atomic E-state index is 7.11. The van der Waals surface area contributed by atoms with Crippen LogP contribution in [-0.4, -0.2) is 0 Å². The van der Waals surface area contributed by atoms with Crippen LogP contribution in [0.1, 0.15) is 25.0 Å². The molecule has 12 aromatic carbocycles. The fraction of sp³-hybridized carbons (Fsp3) is 0.0423. The van der Waals surface area contributed by atoms with Crippen LogP contribution in [0.3, 0.4) is 0 Å². The van der Waals surface area contributed by atoms with Crippen LogP contribution in [0.15, 0.2) is 264 Å². The van der Waals surface area contributed by atoms with Gasteiger partial charge in [-0.15, -0.1) is 0 Å². The summed E-state index contributed by atoms with van der Waals surface area (Å²) in [6.07, 6.45) is 0. The molecule has 0 saturated heterocycles. The predicted molar refractivity (Wildman–Crippen MR) is 314 cm³/mol. The third kappa shape index (κ3) is 6.69. The van der Waals surface area contributed by atoms with E-state index in [4.69, 9.17) is 8.83 Å². The summed E-state index contributed by atoms with van der Waals surface area (Å²) in [7, 11) is 0. The van der Waals surface area contributed by atoms with Crippen LogP contribution >= 0.6 is 0 Å².